The van der Waals surface area contributed by atoms with Crippen molar-refractivity contribution in [3.63, 3.8) is 0 Å². The summed E-state index contributed by atoms with van der Waals surface area (Å²) in [6, 6.07) is -0.119. The van der Waals surface area contributed by atoms with Crippen LogP contribution in [-0.2, 0) is 4.79 Å². The second kappa shape index (κ2) is 7.73. The van der Waals surface area contributed by atoms with E-state index < -0.39 is 6.10 Å². The number of nitrogens with one attached hydrogen (secondary N) is 1. The highest BCUT2D eigenvalue weighted by molar-refractivity contribution is 5.76. The maximum Gasteiger partial charge on any atom is 0.221 e. The highest BCUT2D eigenvalue weighted by atomic mass is 16.3. The Kier molecular flexibility index (Phi) is 7.37. The summed E-state index contributed by atoms with van der Waals surface area (Å²) in [5.41, 5.74) is 5.65. The minimum absolute atomic E-state index is 0.0776. The van der Waals surface area contributed by atoms with E-state index in [0.29, 0.717) is 0 Å². The van der Waals surface area contributed by atoms with Crippen LogP contribution < -0.4 is 11.1 Å². The van der Waals surface area contributed by atoms with Gasteiger partial charge in [-0.05, 0) is 6.42 Å². The Bertz CT molecular complexity index is 164. The molecule has 0 fully saturated rings. The molecule has 0 bridgehead atoms. The van der Waals surface area contributed by atoms with Gasteiger partial charge in [0.1, 0.15) is 0 Å². The summed E-state index contributed by atoms with van der Waals surface area (Å²) in [5.74, 6) is -0.182. The molecule has 2 unspecified atom stereocenters. The lowest BCUT2D eigenvalue weighted by Crippen LogP contribution is -2.37. The molecule has 0 saturated heterocycles. The van der Waals surface area contributed by atoms with Crippen molar-refractivity contribution in [1.29, 1.82) is 0 Å². The number of carbonyl (C=O) groups is 1. The van der Waals surface area contributed by atoms with Gasteiger partial charge in [-0.2, -0.15) is 0 Å². The fraction of sp³-hybridized carbons (Fsp3) is 0.889. The number of aliphatic hydroxyl groups excluding tert-OH is 2. The van der Waals surface area contributed by atoms with Gasteiger partial charge in [0.25, 0.3) is 0 Å². The smallest absolute Gasteiger partial charge is 0.221 e. The Balaban J connectivity index is 3.54. The summed E-state index contributed by atoms with van der Waals surface area (Å²) < 4.78 is 0. The van der Waals surface area contributed by atoms with Crippen molar-refractivity contribution in [2.45, 2.75) is 38.3 Å². The van der Waals surface area contributed by atoms with E-state index in [1.54, 1.807) is 0 Å². The first kappa shape index (κ1) is 13.4. The van der Waals surface area contributed by atoms with E-state index in [-0.39, 0.29) is 31.5 Å². The van der Waals surface area contributed by atoms with E-state index in [1.807, 2.05) is 6.92 Å². The third-order valence-electron chi connectivity index (χ3n) is 1.85. The topological polar surface area (TPSA) is 95.6 Å². The minimum atomic E-state index is -0.888. The average Bonchev–Trinajstić information content (AvgIpc) is 2.14. The van der Waals surface area contributed by atoms with Crippen LogP contribution in [-0.4, -0.2) is 41.4 Å². The van der Waals surface area contributed by atoms with Crippen LogP contribution in [0.4, 0.5) is 0 Å². The summed E-state index contributed by atoms with van der Waals surface area (Å²) in [7, 11) is 0. The van der Waals surface area contributed by atoms with Crippen LogP contribution in [0.25, 0.3) is 0 Å². The van der Waals surface area contributed by atoms with Crippen molar-refractivity contribution in [3.05, 3.63) is 0 Å². The van der Waals surface area contributed by atoms with E-state index in [1.165, 1.54) is 0 Å². The molecule has 0 rings (SSSR count). The molecule has 0 spiro atoms. The van der Waals surface area contributed by atoms with Gasteiger partial charge in [-0.1, -0.05) is 13.3 Å². The van der Waals surface area contributed by atoms with Crippen LogP contribution in [0.5, 0.6) is 0 Å². The highest BCUT2D eigenvalue weighted by Gasteiger charge is 2.09. The van der Waals surface area contributed by atoms with Crippen LogP contribution in [0, 0.1) is 0 Å². The Labute approximate surface area is 84.3 Å². The van der Waals surface area contributed by atoms with Crippen LogP contribution in [0.3, 0.4) is 0 Å². The van der Waals surface area contributed by atoms with Gasteiger partial charge in [0.2, 0.25) is 5.91 Å². The Morgan fingerprint density at radius 2 is 2.21 bits per heavy atom. The van der Waals surface area contributed by atoms with E-state index in [4.69, 9.17) is 15.9 Å². The predicted molar refractivity (Wildman–Crippen MR) is 53.6 cm³/mol. The molecule has 5 nitrogen and oxygen atoms in total. The average molecular weight is 204 g/mol. The molecule has 5 N–H and O–H groups in total. The van der Waals surface area contributed by atoms with Gasteiger partial charge in [-0.3, -0.25) is 4.79 Å². The third kappa shape index (κ3) is 6.82. The molecule has 1 amide bonds. The van der Waals surface area contributed by atoms with Gasteiger partial charge >= 0.3 is 0 Å². The number of hydrogen-bond donors (Lipinski definition) is 4. The summed E-state index contributed by atoms with van der Waals surface area (Å²) >= 11 is 0. The zero-order valence-corrected chi connectivity index (χ0v) is 8.57. The fourth-order valence-corrected chi connectivity index (χ4v) is 1.08. The number of hydrogen-bond acceptors (Lipinski definition) is 4. The molecule has 0 aromatic carbocycles. The second-order valence-electron chi connectivity index (χ2n) is 3.39. The molecule has 2 atom stereocenters. The lowest BCUT2D eigenvalue weighted by Gasteiger charge is -2.12. The Hall–Kier alpha value is -0.650. The molecule has 84 valence electrons. The highest BCUT2D eigenvalue weighted by Crippen LogP contribution is 1.97. The first-order chi connectivity index (χ1) is 6.60. The van der Waals surface area contributed by atoms with E-state index in [2.05, 4.69) is 5.32 Å². The van der Waals surface area contributed by atoms with Gasteiger partial charge in [-0.15, -0.1) is 0 Å². The molecule has 0 heterocycles. The van der Waals surface area contributed by atoms with E-state index >= 15 is 0 Å². The van der Waals surface area contributed by atoms with E-state index in [9.17, 15) is 4.79 Å². The summed E-state index contributed by atoms with van der Waals surface area (Å²) in [4.78, 5) is 11.2. The summed E-state index contributed by atoms with van der Waals surface area (Å²) in [6.07, 6.45) is 1.15. The number of rotatable bonds is 7. The van der Waals surface area contributed by atoms with E-state index in [0.717, 1.165) is 12.8 Å². The largest absolute Gasteiger partial charge is 0.394 e. The lowest BCUT2D eigenvalue weighted by molar-refractivity contribution is -0.122. The molecule has 0 aliphatic rings. The fourth-order valence-electron chi connectivity index (χ4n) is 1.08. The minimum Gasteiger partial charge on any atom is -0.394 e. The Morgan fingerprint density at radius 1 is 1.57 bits per heavy atom. The van der Waals surface area contributed by atoms with Crippen molar-refractivity contribution >= 4 is 5.91 Å². The van der Waals surface area contributed by atoms with Crippen LogP contribution in [0.1, 0.15) is 26.2 Å². The number of nitrogens with two attached hydrogens (primary N) is 1. The third-order valence-corrected chi connectivity index (χ3v) is 1.85. The second-order valence-corrected chi connectivity index (χ2v) is 3.39. The molecule has 0 aliphatic heterocycles. The summed E-state index contributed by atoms with van der Waals surface area (Å²) in [5, 5.41) is 19.9. The van der Waals surface area contributed by atoms with Gasteiger partial charge < -0.3 is 21.3 Å². The van der Waals surface area contributed by atoms with Crippen molar-refractivity contribution < 1.29 is 15.0 Å². The normalized spacial score (nSPS) is 14.9. The molecular weight excluding hydrogens is 184 g/mol. The first-order valence-corrected chi connectivity index (χ1v) is 4.91. The predicted octanol–water partition coefficient (Wildman–Crippen LogP) is -1.03. The van der Waals surface area contributed by atoms with Crippen LogP contribution in [0.2, 0.25) is 0 Å². The zero-order chi connectivity index (χ0) is 11.0. The molecule has 0 aromatic rings. The number of carbonyl (C=O) groups excluding carboxylic acids is 1. The van der Waals surface area contributed by atoms with Gasteiger partial charge in [-0.25, -0.2) is 0 Å². The molecule has 5 heteroatoms. The quantitative estimate of drug-likeness (QED) is 0.426. The SMILES string of the molecule is CCCC(N)CC(=O)NCC(O)CO. The zero-order valence-electron chi connectivity index (χ0n) is 8.57. The van der Waals surface area contributed by atoms with Crippen LogP contribution >= 0.6 is 0 Å². The first-order valence-electron chi connectivity index (χ1n) is 4.91. The van der Waals surface area contributed by atoms with Crippen molar-refractivity contribution in [1.82, 2.24) is 5.32 Å². The molecule has 0 radical (unpaired) electrons. The standard InChI is InChI=1S/C9H20N2O3/c1-2-3-7(10)4-9(14)11-5-8(13)6-12/h7-8,12-13H,2-6,10H2,1H3,(H,11,14). The van der Waals surface area contributed by atoms with Crippen LogP contribution in [0.15, 0.2) is 0 Å². The number of amides is 1. The number of aliphatic hydroxyl groups is 2. The Morgan fingerprint density at radius 3 is 2.71 bits per heavy atom. The lowest BCUT2D eigenvalue weighted by atomic mass is 10.1. The molecule has 0 aromatic heterocycles. The monoisotopic (exact) mass is 204 g/mol. The molecule has 0 aliphatic carbocycles. The molecule has 14 heavy (non-hydrogen) atoms. The van der Waals surface area contributed by atoms with Gasteiger partial charge in [0, 0.05) is 19.0 Å². The van der Waals surface area contributed by atoms with Crippen molar-refractivity contribution in [2.24, 2.45) is 5.73 Å². The maximum absolute atomic E-state index is 11.2. The van der Waals surface area contributed by atoms with Crippen molar-refractivity contribution in [3.8, 4) is 0 Å². The molecular formula is C9H20N2O3. The van der Waals surface area contributed by atoms with Crippen molar-refractivity contribution in [2.75, 3.05) is 13.2 Å². The maximum atomic E-state index is 11.2. The summed E-state index contributed by atoms with van der Waals surface area (Å²) in [6.45, 7) is 1.74. The molecule has 0 saturated carbocycles. The van der Waals surface area contributed by atoms with Gasteiger partial charge in [0.05, 0.1) is 12.7 Å². The van der Waals surface area contributed by atoms with Gasteiger partial charge in [0.15, 0.2) is 0 Å².